The van der Waals surface area contributed by atoms with Crippen LogP contribution in [0, 0.1) is 29.6 Å². The van der Waals surface area contributed by atoms with E-state index >= 15 is 0 Å². The van der Waals surface area contributed by atoms with Crippen molar-refractivity contribution in [3.05, 3.63) is 23.8 Å². The molecule has 3 aliphatic carbocycles. The zero-order valence-corrected chi connectivity index (χ0v) is 16.6. The summed E-state index contributed by atoms with van der Waals surface area (Å²) in [6.45, 7) is 2.20. The smallest absolute Gasteiger partial charge is 0.303 e. The minimum atomic E-state index is -0.718. The summed E-state index contributed by atoms with van der Waals surface area (Å²) in [5.41, 5.74) is 1.44. The van der Waals surface area contributed by atoms with E-state index in [1.54, 1.807) is 0 Å². The molecule has 3 aliphatic rings. The lowest BCUT2D eigenvalue weighted by Crippen LogP contribution is -2.22. The molecule has 27 heavy (non-hydrogen) atoms. The Balaban J connectivity index is 1.54. The van der Waals surface area contributed by atoms with Crippen molar-refractivity contribution in [3.8, 4) is 0 Å². The highest BCUT2D eigenvalue weighted by Gasteiger charge is 2.44. The fourth-order valence-electron chi connectivity index (χ4n) is 5.53. The number of carboxylic acid groups (broad SMARTS) is 1. The first-order chi connectivity index (χ1) is 13.0. The zero-order chi connectivity index (χ0) is 19.4. The van der Waals surface area contributed by atoms with Crippen LogP contribution >= 0.6 is 0 Å². The van der Waals surface area contributed by atoms with E-state index in [0.29, 0.717) is 23.7 Å². The van der Waals surface area contributed by atoms with Crippen molar-refractivity contribution in [2.75, 3.05) is 0 Å². The standard InChI is InChI=1S/C23H36O4/c1-15(6-5-9-23(26)27)17-12-18-14-22(25)19(20(18)13-17)10-11-21(24)16-7-3-2-4-8-16/h10-12,15-16,18-22,24-25H,2-9,13-14H2,1H3,(H,26,27)/b11-10+/t15?,18?,19-,20?,21?,22-/m1/s1. The first-order valence-corrected chi connectivity index (χ1v) is 10.9. The summed E-state index contributed by atoms with van der Waals surface area (Å²) in [6, 6.07) is 0. The van der Waals surface area contributed by atoms with E-state index in [1.165, 1.54) is 24.8 Å². The van der Waals surface area contributed by atoms with Crippen LogP contribution in [0.2, 0.25) is 0 Å². The number of carbonyl (C=O) groups is 1. The van der Waals surface area contributed by atoms with Gasteiger partial charge in [-0.25, -0.2) is 0 Å². The second-order valence-corrected chi connectivity index (χ2v) is 9.11. The Bertz CT molecular complexity index is 561. The Morgan fingerprint density at radius 3 is 2.74 bits per heavy atom. The lowest BCUT2D eigenvalue weighted by Gasteiger charge is -2.25. The van der Waals surface area contributed by atoms with Gasteiger partial charge < -0.3 is 15.3 Å². The summed E-state index contributed by atoms with van der Waals surface area (Å²) in [5.74, 6) is 1.09. The van der Waals surface area contributed by atoms with E-state index in [2.05, 4.69) is 19.1 Å². The summed E-state index contributed by atoms with van der Waals surface area (Å²) in [4.78, 5) is 10.7. The van der Waals surface area contributed by atoms with Gasteiger partial charge in [0, 0.05) is 12.3 Å². The molecule has 0 amide bonds. The Morgan fingerprint density at radius 1 is 1.30 bits per heavy atom. The zero-order valence-electron chi connectivity index (χ0n) is 16.6. The molecule has 2 saturated carbocycles. The third kappa shape index (κ3) is 5.23. The van der Waals surface area contributed by atoms with E-state index in [0.717, 1.165) is 38.5 Å². The molecule has 3 N–H and O–H groups in total. The van der Waals surface area contributed by atoms with Crippen LogP contribution in [0.15, 0.2) is 23.8 Å². The fraction of sp³-hybridized carbons (Fsp3) is 0.783. The van der Waals surface area contributed by atoms with Crippen molar-refractivity contribution in [1.82, 2.24) is 0 Å². The fourth-order valence-corrected chi connectivity index (χ4v) is 5.53. The van der Waals surface area contributed by atoms with Crippen LogP contribution in [0.1, 0.15) is 71.1 Å². The van der Waals surface area contributed by atoms with Gasteiger partial charge in [-0.2, -0.15) is 0 Å². The number of hydrogen-bond donors (Lipinski definition) is 3. The van der Waals surface area contributed by atoms with Crippen molar-refractivity contribution in [1.29, 1.82) is 0 Å². The molecule has 6 atom stereocenters. The van der Waals surface area contributed by atoms with Crippen molar-refractivity contribution < 1.29 is 20.1 Å². The number of rotatable bonds is 8. The van der Waals surface area contributed by atoms with E-state index < -0.39 is 5.97 Å². The predicted octanol–water partition coefficient (Wildman–Crippen LogP) is 4.32. The van der Waals surface area contributed by atoms with Gasteiger partial charge in [0.05, 0.1) is 12.2 Å². The Hall–Kier alpha value is -1.13. The second-order valence-electron chi connectivity index (χ2n) is 9.11. The molecule has 0 aliphatic heterocycles. The van der Waals surface area contributed by atoms with Crippen molar-refractivity contribution in [2.45, 2.75) is 83.3 Å². The lowest BCUT2D eigenvalue weighted by atomic mass is 9.83. The summed E-state index contributed by atoms with van der Waals surface area (Å²) in [5, 5.41) is 29.8. The molecular formula is C23H36O4. The molecule has 0 heterocycles. The van der Waals surface area contributed by atoms with E-state index in [-0.39, 0.29) is 24.5 Å². The van der Waals surface area contributed by atoms with Gasteiger partial charge in [0.25, 0.3) is 0 Å². The van der Waals surface area contributed by atoms with Crippen LogP contribution in [0.5, 0.6) is 0 Å². The van der Waals surface area contributed by atoms with Gasteiger partial charge in [0.1, 0.15) is 0 Å². The minimum Gasteiger partial charge on any atom is -0.481 e. The molecule has 0 radical (unpaired) electrons. The molecule has 0 aromatic carbocycles. The number of carboxylic acids is 1. The van der Waals surface area contributed by atoms with Gasteiger partial charge in [-0.15, -0.1) is 0 Å². The molecule has 2 fully saturated rings. The maximum Gasteiger partial charge on any atom is 0.303 e. The number of fused-ring (bicyclic) bond motifs is 1. The third-order valence-corrected chi connectivity index (χ3v) is 7.23. The topological polar surface area (TPSA) is 77.8 Å². The molecule has 4 unspecified atom stereocenters. The Labute approximate surface area is 163 Å². The van der Waals surface area contributed by atoms with Gasteiger partial charge >= 0.3 is 5.97 Å². The number of allylic oxidation sites excluding steroid dienone is 2. The SMILES string of the molecule is CC(CCCC(=O)O)C1=CC2C[C@@H](O)[C@H](/C=C/C(O)C3CCCCC3)C2C1. The maximum atomic E-state index is 10.7. The number of aliphatic carboxylic acids is 1. The predicted molar refractivity (Wildman–Crippen MR) is 106 cm³/mol. The van der Waals surface area contributed by atoms with Crippen LogP contribution in [0.25, 0.3) is 0 Å². The van der Waals surface area contributed by atoms with Crippen LogP contribution in [-0.4, -0.2) is 33.5 Å². The molecule has 4 heteroatoms. The van der Waals surface area contributed by atoms with Crippen LogP contribution in [-0.2, 0) is 4.79 Å². The molecular weight excluding hydrogens is 340 g/mol. The summed E-state index contributed by atoms with van der Waals surface area (Å²) < 4.78 is 0. The largest absolute Gasteiger partial charge is 0.481 e. The first kappa shape index (κ1) is 20.6. The third-order valence-electron chi connectivity index (χ3n) is 7.23. The lowest BCUT2D eigenvalue weighted by molar-refractivity contribution is -0.137. The van der Waals surface area contributed by atoms with Crippen LogP contribution in [0.3, 0.4) is 0 Å². The molecule has 0 bridgehead atoms. The number of aliphatic hydroxyl groups is 2. The quantitative estimate of drug-likeness (QED) is 0.551. The van der Waals surface area contributed by atoms with Gasteiger partial charge in [-0.05, 0) is 62.2 Å². The Morgan fingerprint density at radius 2 is 2.04 bits per heavy atom. The van der Waals surface area contributed by atoms with E-state index in [4.69, 9.17) is 5.11 Å². The molecule has 0 aromatic rings. The molecule has 152 valence electrons. The maximum absolute atomic E-state index is 10.7. The second kappa shape index (κ2) is 9.38. The molecule has 0 aromatic heterocycles. The van der Waals surface area contributed by atoms with Crippen molar-refractivity contribution >= 4 is 5.97 Å². The van der Waals surface area contributed by atoms with E-state index in [1.807, 2.05) is 6.08 Å². The molecule has 0 saturated heterocycles. The van der Waals surface area contributed by atoms with Gasteiger partial charge in [-0.1, -0.05) is 50.0 Å². The number of hydrogen-bond acceptors (Lipinski definition) is 3. The molecule has 3 rings (SSSR count). The minimum absolute atomic E-state index is 0.133. The highest BCUT2D eigenvalue weighted by molar-refractivity contribution is 5.66. The van der Waals surface area contributed by atoms with Crippen LogP contribution in [0.4, 0.5) is 0 Å². The van der Waals surface area contributed by atoms with Crippen molar-refractivity contribution in [2.24, 2.45) is 29.6 Å². The highest BCUT2D eigenvalue weighted by atomic mass is 16.4. The van der Waals surface area contributed by atoms with Crippen LogP contribution < -0.4 is 0 Å². The van der Waals surface area contributed by atoms with Crippen molar-refractivity contribution in [3.63, 3.8) is 0 Å². The molecule has 4 nitrogen and oxygen atoms in total. The Kier molecular flexibility index (Phi) is 7.16. The molecule has 0 spiro atoms. The average Bonchev–Trinajstić information content (AvgIpc) is 3.17. The first-order valence-electron chi connectivity index (χ1n) is 10.9. The van der Waals surface area contributed by atoms with Gasteiger partial charge in [-0.3, -0.25) is 4.79 Å². The van der Waals surface area contributed by atoms with Gasteiger partial charge in [0.2, 0.25) is 0 Å². The highest BCUT2D eigenvalue weighted by Crippen LogP contribution is 2.49. The number of aliphatic hydroxyl groups excluding tert-OH is 2. The summed E-state index contributed by atoms with van der Waals surface area (Å²) in [6.07, 6.45) is 15.4. The average molecular weight is 377 g/mol. The van der Waals surface area contributed by atoms with E-state index in [9.17, 15) is 15.0 Å². The normalized spacial score (nSPS) is 33.8. The monoisotopic (exact) mass is 376 g/mol. The summed E-state index contributed by atoms with van der Waals surface area (Å²) >= 11 is 0. The summed E-state index contributed by atoms with van der Waals surface area (Å²) in [7, 11) is 0. The van der Waals surface area contributed by atoms with Gasteiger partial charge in [0.15, 0.2) is 0 Å².